The van der Waals surface area contributed by atoms with Crippen molar-refractivity contribution in [2.75, 3.05) is 72.7 Å². The van der Waals surface area contributed by atoms with E-state index >= 15 is 0 Å². The molecule has 24 heteroatoms. The van der Waals surface area contributed by atoms with Gasteiger partial charge in [0.15, 0.2) is 0 Å². The van der Waals surface area contributed by atoms with Gasteiger partial charge < -0.3 is 67.8 Å². The average Bonchev–Trinajstić information content (AvgIpc) is 0.837. The first-order chi connectivity index (χ1) is 54.8. The Balaban J connectivity index is 0.000000281. The molecular weight excluding hydrogens is 1450 g/mol. The van der Waals surface area contributed by atoms with Crippen LogP contribution in [0.3, 0.4) is 0 Å². The van der Waals surface area contributed by atoms with Crippen molar-refractivity contribution in [3.05, 3.63) is 359 Å². The number of rotatable bonds is 29. The van der Waals surface area contributed by atoms with Crippen LogP contribution in [0.5, 0.6) is 0 Å². The van der Waals surface area contributed by atoms with Crippen molar-refractivity contribution in [1.29, 1.82) is 0 Å². The number of hydrogen-bond acceptors (Lipinski definition) is 24. The van der Waals surface area contributed by atoms with Crippen molar-refractivity contribution in [3.63, 3.8) is 0 Å². The van der Waals surface area contributed by atoms with Crippen LogP contribution in [0.4, 0.5) is 0 Å². The minimum absolute atomic E-state index is 0.0201. The van der Waals surface area contributed by atoms with Crippen LogP contribution in [0.1, 0.15) is 137 Å². The summed E-state index contributed by atoms with van der Waals surface area (Å²) in [5, 5.41) is 34.4. The molecule has 0 aliphatic rings. The maximum absolute atomic E-state index is 11.8. The lowest BCUT2D eigenvalue weighted by molar-refractivity contribution is 0.00447. The largest absolute Gasteiger partial charge is 0.462 e. The predicted octanol–water partition coefficient (Wildman–Crippen LogP) is 13.4. The molecule has 0 aromatic heterocycles. The van der Waals surface area contributed by atoms with E-state index in [-0.39, 0.29) is 90.6 Å². The summed E-state index contributed by atoms with van der Waals surface area (Å²) in [6.45, 7) is 5.51. The Morgan fingerprint density at radius 3 is 0.646 bits per heavy atom. The molecule has 0 heterocycles. The van der Waals surface area contributed by atoms with E-state index in [1.54, 1.807) is 263 Å². The second kappa shape index (κ2) is 56.9. The molecule has 0 spiro atoms. The van der Waals surface area contributed by atoms with Crippen molar-refractivity contribution in [1.82, 2.24) is 0 Å². The maximum Gasteiger partial charge on any atom is 0.338 e. The molecule has 24 nitrogen and oxygen atoms in total. The van der Waals surface area contributed by atoms with Crippen LogP contribution in [0.2, 0.25) is 0 Å². The summed E-state index contributed by atoms with van der Waals surface area (Å²) in [5.74, 6) is -4.00. The van der Waals surface area contributed by atoms with Crippen LogP contribution in [0, 0.1) is 0 Å². The molecule has 0 saturated carbocycles. The molecule has 0 aliphatic heterocycles. The first-order valence-electron chi connectivity index (χ1n) is 35.6. The third-order valence-corrected chi connectivity index (χ3v) is 14.0. The summed E-state index contributed by atoms with van der Waals surface area (Å²) in [6, 6.07) is 87.1. The average molecular weight is 1550 g/mol. The predicted molar refractivity (Wildman–Crippen MR) is 419 cm³/mol. The number of aliphatic hydroxyl groups excluding tert-OH is 4. The Kier molecular flexibility index (Phi) is 46.4. The highest BCUT2D eigenvalue weighted by Crippen LogP contribution is 2.11. The van der Waals surface area contributed by atoms with Crippen molar-refractivity contribution in [2.45, 2.75) is 51.9 Å². The van der Waals surface area contributed by atoms with Gasteiger partial charge in [-0.15, -0.1) is 0 Å². The van der Waals surface area contributed by atoms with Crippen molar-refractivity contribution in [2.24, 2.45) is 0 Å². The van der Waals surface area contributed by atoms with Gasteiger partial charge in [-0.3, -0.25) is 0 Å². The Labute approximate surface area is 655 Å². The number of aliphatic hydroxyl groups is 4. The molecule has 113 heavy (non-hydrogen) atoms. The van der Waals surface area contributed by atoms with Crippen LogP contribution in [-0.4, -0.2) is 171 Å². The molecule has 0 bridgehead atoms. The van der Waals surface area contributed by atoms with E-state index < -0.39 is 60.1 Å². The topological polar surface area (TPSA) is 344 Å². The van der Waals surface area contributed by atoms with E-state index in [0.717, 1.165) is 0 Å². The van der Waals surface area contributed by atoms with Gasteiger partial charge in [-0.25, -0.2) is 47.9 Å². The van der Waals surface area contributed by atoms with Crippen LogP contribution >= 0.6 is 0 Å². The molecule has 3 unspecified atom stereocenters. The summed E-state index contributed by atoms with van der Waals surface area (Å²) in [4.78, 5) is 115. The van der Waals surface area contributed by atoms with E-state index in [2.05, 4.69) is 4.74 Å². The van der Waals surface area contributed by atoms with Crippen molar-refractivity contribution >= 4 is 59.7 Å². The smallest absolute Gasteiger partial charge is 0.338 e. The van der Waals surface area contributed by atoms with Crippen LogP contribution in [0.15, 0.2) is 303 Å². The first kappa shape index (κ1) is 92.1. The highest BCUT2D eigenvalue weighted by molar-refractivity contribution is 5.93. The zero-order chi connectivity index (χ0) is 81.9. The molecule has 0 aliphatic carbocycles. The van der Waals surface area contributed by atoms with Gasteiger partial charge in [-0.2, -0.15) is 0 Å². The molecule has 10 aromatic carbocycles. The molecule has 4 N–H and O–H groups in total. The number of carbonyl (C=O) groups excluding carboxylic acids is 10. The van der Waals surface area contributed by atoms with Gasteiger partial charge in [0.05, 0.1) is 94.8 Å². The fraction of sp³-hybridized carbons (Fsp3) is 0.213. The first-order valence-corrected chi connectivity index (χ1v) is 35.6. The summed E-state index contributed by atoms with van der Waals surface area (Å²) in [7, 11) is 0. The minimum atomic E-state index is -0.618. The van der Waals surface area contributed by atoms with E-state index in [1.807, 2.05) is 60.7 Å². The quantitative estimate of drug-likeness (QED) is 0.0192. The Bertz CT molecular complexity index is 4190. The van der Waals surface area contributed by atoms with Gasteiger partial charge in [-0.05, 0) is 142 Å². The van der Waals surface area contributed by atoms with Crippen molar-refractivity contribution < 1.29 is 116 Å². The molecule has 10 aromatic rings. The molecule has 0 saturated heterocycles. The third kappa shape index (κ3) is 40.7. The van der Waals surface area contributed by atoms with E-state index in [1.165, 1.54) is 0 Å². The van der Waals surface area contributed by atoms with Crippen LogP contribution in [-0.2, 0) is 47.4 Å². The Hall–Kier alpha value is -13.3. The zero-order valence-electron chi connectivity index (χ0n) is 62.7. The highest BCUT2D eigenvalue weighted by Gasteiger charge is 2.17. The second-order valence-electron chi connectivity index (χ2n) is 23.3. The normalized spacial score (nSPS) is 10.6. The monoisotopic (exact) mass is 1540 g/mol. The van der Waals surface area contributed by atoms with Gasteiger partial charge in [0.2, 0.25) is 0 Å². The third-order valence-electron chi connectivity index (χ3n) is 14.0. The molecule has 592 valence electrons. The maximum atomic E-state index is 11.8. The van der Waals surface area contributed by atoms with Gasteiger partial charge >= 0.3 is 59.7 Å². The van der Waals surface area contributed by atoms with E-state index in [0.29, 0.717) is 68.5 Å². The van der Waals surface area contributed by atoms with Crippen LogP contribution in [0.25, 0.3) is 0 Å². The number of carbonyl (C=O) groups is 10. The lowest BCUT2D eigenvalue weighted by atomic mass is 10.2. The minimum Gasteiger partial charge on any atom is -0.462 e. The Morgan fingerprint density at radius 2 is 0.425 bits per heavy atom. The summed E-state index contributed by atoms with van der Waals surface area (Å²) in [6.07, 6.45) is -0.624. The standard InChI is InChI=1S/2C17H16O4.C16H14O4.3C10H12O3.C9H10O3/c1-13(21-17(19)15-10-6-3-7-11-15)12-20-16(18)14-8-4-2-5-9-14;18-16(14-8-3-1-4-9-14)20-12-7-13-21-17(19)15-10-5-2-6-11-15;17-15(13-7-3-1-4-8-13)19-11-12-20-16(18)14-9-5-2-6-10-14;1-8(11)7-13-10(12)9-5-3-2-4-6-9;1-8(7-11)13-10(12)9-5-3-2-4-6-9;11-7-4-8-13-10(12)9-5-2-1-3-6-9;10-6-7-12-9(11)8-4-2-1-3-5-8/h2-11,13H,12H2,1H3;1-6,8-11H,7,12-13H2;1-10H,11-12H2;2*2-6,8,11H,7H2,1H3;1-3,5-6,11H,4,7-8H2;1-5,10H,6-7H2. The summed E-state index contributed by atoms with van der Waals surface area (Å²) in [5.41, 5.74) is 4.97. The van der Waals surface area contributed by atoms with E-state index in [9.17, 15) is 47.9 Å². The lowest BCUT2D eigenvalue weighted by Gasteiger charge is -2.13. The fourth-order valence-electron chi connectivity index (χ4n) is 8.40. The second-order valence-corrected chi connectivity index (χ2v) is 23.3. The van der Waals surface area contributed by atoms with Gasteiger partial charge in [-0.1, -0.05) is 182 Å². The molecular formula is C89H92O24. The number of ether oxygens (including phenoxy) is 10. The zero-order valence-corrected chi connectivity index (χ0v) is 62.7. The van der Waals surface area contributed by atoms with Crippen LogP contribution < -0.4 is 0 Å². The van der Waals surface area contributed by atoms with E-state index in [4.69, 9.17) is 63.1 Å². The van der Waals surface area contributed by atoms with Gasteiger partial charge in [0.1, 0.15) is 45.2 Å². The number of benzene rings is 10. The van der Waals surface area contributed by atoms with Crippen molar-refractivity contribution in [3.8, 4) is 0 Å². The molecule has 0 amide bonds. The highest BCUT2D eigenvalue weighted by atomic mass is 16.6. The molecule has 0 fully saturated rings. The summed E-state index contributed by atoms with van der Waals surface area (Å²) >= 11 is 0. The van der Waals surface area contributed by atoms with Gasteiger partial charge in [0, 0.05) is 19.4 Å². The Morgan fingerprint density at radius 1 is 0.230 bits per heavy atom. The molecule has 3 atom stereocenters. The molecule has 0 radical (unpaired) electrons. The fourth-order valence-corrected chi connectivity index (χ4v) is 8.40. The SMILES string of the molecule is CC(CO)OC(=O)c1ccccc1.CC(COC(=O)c1ccccc1)OC(=O)c1ccccc1.CC(O)COC(=O)c1ccccc1.O=C(OCCCO)c1ccccc1.O=C(OCCCOC(=O)c1ccccc1)c1ccccc1.O=C(OCCO)c1ccccc1.O=C(OCCOC(=O)c1ccccc1)c1ccccc1. The number of esters is 10. The molecule has 10 rings (SSSR count). The summed E-state index contributed by atoms with van der Waals surface area (Å²) < 4.78 is 49.7. The van der Waals surface area contributed by atoms with Gasteiger partial charge in [0.25, 0.3) is 0 Å². The number of hydrogen-bond donors (Lipinski definition) is 4. The lowest BCUT2D eigenvalue weighted by Crippen LogP contribution is -2.22.